The van der Waals surface area contributed by atoms with Crippen LogP contribution in [0.4, 0.5) is 0 Å². The fourth-order valence-corrected chi connectivity index (χ4v) is 1.53. The van der Waals surface area contributed by atoms with Gasteiger partial charge in [0.05, 0.1) is 0 Å². The van der Waals surface area contributed by atoms with Gasteiger partial charge in [-0.2, -0.15) is 4.98 Å². The molecule has 0 N–H and O–H groups in total. The summed E-state index contributed by atoms with van der Waals surface area (Å²) in [5.74, 6) is 1.91. The number of hydrogen-bond donors (Lipinski definition) is 0. The Labute approximate surface area is 101 Å². The van der Waals surface area contributed by atoms with Crippen LogP contribution >= 0.6 is 11.6 Å². The van der Waals surface area contributed by atoms with Crippen LogP contribution in [0.25, 0.3) is 0 Å². The summed E-state index contributed by atoms with van der Waals surface area (Å²) >= 11 is 5.96. The molecule has 16 heavy (non-hydrogen) atoms. The predicted octanol–water partition coefficient (Wildman–Crippen LogP) is 3.57. The van der Waals surface area contributed by atoms with E-state index in [1.54, 1.807) is 6.07 Å². The second-order valence-electron chi connectivity index (χ2n) is 4.88. The Kier molecular flexibility index (Phi) is 3.06. The molecule has 0 amide bonds. The summed E-state index contributed by atoms with van der Waals surface area (Å²) in [6.07, 6.45) is 3.25. The largest absolute Gasteiger partial charge is 0.472 e. The smallest absolute Gasteiger partial charge is 0.218 e. The summed E-state index contributed by atoms with van der Waals surface area (Å²) in [7, 11) is 0. The van der Waals surface area contributed by atoms with Crippen LogP contribution in [0.15, 0.2) is 6.07 Å². The standard InChI is InChI=1S/C12H17ClN2O/c1-4-12(2,3)16-10-7-9(13)14-11(15-10)8-5-6-8/h7-8H,4-6H2,1-3H3. The maximum Gasteiger partial charge on any atom is 0.218 e. The molecular weight excluding hydrogens is 224 g/mol. The van der Waals surface area contributed by atoms with E-state index in [-0.39, 0.29) is 5.60 Å². The first-order valence-electron chi connectivity index (χ1n) is 5.73. The molecule has 1 fully saturated rings. The zero-order valence-electron chi connectivity index (χ0n) is 9.96. The Morgan fingerprint density at radius 1 is 1.44 bits per heavy atom. The maximum absolute atomic E-state index is 5.96. The molecule has 0 aliphatic heterocycles. The molecule has 1 aromatic heterocycles. The molecule has 0 aromatic carbocycles. The number of aromatic nitrogens is 2. The van der Waals surface area contributed by atoms with Crippen molar-refractivity contribution >= 4 is 11.6 Å². The number of rotatable bonds is 4. The van der Waals surface area contributed by atoms with Crippen LogP contribution in [-0.4, -0.2) is 15.6 Å². The predicted molar refractivity (Wildman–Crippen MR) is 64.0 cm³/mol. The fraction of sp³-hybridized carbons (Fsp3) is 0.667. The van der Waals surface area contributed by atoms with E-state index < -0.39 is 0 Å². The molecule has 0 radical (unpaired) electrons. The highest BCUT2D eigenvalue weighted by Gasteiger charge is 2.28. The lowest BCUT2D eigenvalue weighted by Gasteiger charge is -2.24. The third-order valence-electron chi connectivity index (χ3n) is 2.86. The number of hydrogen-bond acceptors (Lipinski definition) is 3. The van der Waals surface area contributed by atoms with Gasteiger partial charge in [0.25, 0.3) is 0 Å². The third-order valence-corrected chi connectivity index (χ3v) is 3.06. The van der Waals surface area contributed by atoms with Gasteiger partial charge in [-0.1, -0.05) is 18.5 Å². The molecule has 2 rings (SSSR count). The Hall–Kier alpha value is -0.830. The highest BCUT2D eigenvalue weighted by Crippen LogP contribution is 2.39. The van der Waals surface area contributed by atoms with E-state index in [4.69, 9.17) is 16.3 Å². The van der Waals surface area contributed by atoms with Crippen molar-refractivity contribution in [2.75, 3.05) is 0 Å². The first-order chi connectivity index (χ1) is 7.50. The molecule has 0 atom stereocenters. The first kappa shape index (κ1) is 11.6. The van der Waals surface area contributed by atoms with E-state index in [2.05, 4.69) is 16.9 Å². The van der Waals surface area contributed by atoms with Crippen molar-refractivity contribution in [3.63, 3.8) is 0 Å². The van der Waals surface area contributed by atoms with Crippen molar-refractivity contribution in [2.45, 2.75) is 51.6 Å². The van der Waals surface area contributed by atoms with Crippen molar-refractivity contribution in [2.24, 2.45) is 0 Å². The normalized spacial score (nSPS) is 16.2. The summed E-state index contributed by atoms with van der Waals surface area (Å²) in [6.45, 7) is 6.17. The Bertz CT molecular complexity index is 389. The Morgan fingerprint density at radius 2 is 2.12 bits per heavy atom. The van der Waals surface area contributed by atoms with Crippen LogP contribution in [0.5, 0.6) is 5.88 Å². The quantitative estimate of drug-likeness (QED) is 0.755. The van der Waals surface area contributed by atoms with Crippen LogP contribution in [0.1, 0.15) is 51.8 Å². The van der Waals surface area contributed by atoms with Gasteiger partial charge in [0, 0.05) is 12.0 Å². The average Bonchev–Trinajstić information content (AvgIpc) is 2.99. The van der Waals surface area contributed by atoms with Crippen molar-refractivity contribution in [1.29, 1.82) is 0 Å². The van der Waals surface area contributed by atoms with Crippen LogP contribution in [0.2, 0.25) is 5.15 Å². The molecular formula is C12H17ClN2O. The molecule has 0 bridgehead atoms. The second-order valence-corrected chi connectivity index (χ2v) is 5.26. The molecule has 4 heteroatoms. The molecule has 1 heterocycles. The van der Waals surface area contributed by atoms with Gasteiger partial charge in [-0.15, -0.1) is 0 Å². The lowest BCUT2D eigenvalue weighted by Crippen LogP contribution is -2.27. The van der Waals surface area contributed by atoms with E-state index in [9.17, 15) is 0 Å². The molecule has 1 aliphatic carbocycles. The van der Waals surface area contributed by atoms with Crippen LogP contribution in [0.3, 0.4) is 0 Å². The molecule has 0 saturated heterocycles. The van der Waals surface area contributed by atoms with Crippen LogP contribution in [0, 0.1) is 0 Å². The minimum Gasteiger partial charge on any atom is -0.472 e. The van der Waals surface area contributed by atoms with E-state index in [0.29, 0.717) is 17.0 Å². The van der Waals surface area contributed by atoms with Crippen molar-refractivity contribution in [3.8, 4) is 5.88 Å². The molecule has 3 nitrogen and oxygen atoms in total. The first-order valence-corrected chi connectivity index (χ1v) is 6.11. The third kappa shape index (κ3) is 2.85. The van der Waals surface area contributed by atoms with Crippen molar-refractivity contribution in [1.82, 2.24) is 9.97 Å². The monoisotopic (exact) mass is 240 g/mol. The van der Waals surface area contributed by atoms with Gasteiger partial charge in [-0.25, -0.2) is 4.98 Å². The van der Waals surface area contributed by atoms with Crippen LogP contribution in [-0.2, 0) is 0 Å². The number of nitrogens with zero attached hydrogens (tertiary/aromatic N) is 2. The highest BCUT2D eigenvalue weighted by molar-refractivity contribution is 6.29. The van der Waals surface area contributed by atoms with Gasteiger partial charge in [0.1, 0.15) is 16.6 Å². The summed E-state index contributed by atoms with van der Waals surface area (Å²) in [4.78, 5) is 8.64. The van der Waals surface area contributed by atoms with E-state index in [1.807, 2.05) is 13.8 Å². The van der Waals surface area contributed by atoms with E-state index >= 15 is 0 Å². The SMILES string of the molecule is CCC(C)(C)Oc1cc(Cl)nc(C2CC2)n1. The van der Waals surface area contributed by atoms with Gasteiger partial charge in [-0.05, 0) is 33.1 Å². The molecule has 0 spiro atoms. The fourth-order valence-electron chi connectivity index (χ4n) is 1.35. The molecule has 88 valence electrons. The second kappa shape index (κ2) is 4.21. The summed E-state index contributed by atoms with van der Waals surface area (Å²) in [5.41, 5.74) is -0.210. The Balaban J connectivity index is 2.20. The summed E-state index contributed by atoms with van der Waals surface area (Å²) in [5, 5.41) is 0.471. The lowest BCUT2D eigenvalue weighted by molar-refractivity contribution is 0.0985. The van der Waals surface area contributed by atoms with Crippen molar-refractivity contribution < 1.29 is 4.74 Å². The topological polar surface area (TPSA) is 35.0 Å². The number of halogens is 1. The van der Waals surface area contributed by atoms with Gasteiger partial charge in [0.15, 0.2) is 0 Å². The number of ether oxygens (including phenoxy) is 1. The van der Waals surface area contributed by atoms with Gasteiger partial charge in [0.2, 0.25) is 5.88 Å². The van der Waals surface area contributed by atoms with E-state index in [1.165, 1.54) is 0 Å². The van der Waals surface area contributed by atoms with Gasteiger partial charge in [-0.3, -0.25) is 0 Å². The van der Waals surface area contributed by atoms with E-state index in [0.717, 1.165) is 25.1 Å². The highest BCUT2D eigenvalue weighted by atomic mass is 35.5. The summed E-state index contributed by atoms with van der Waals surface area (Å²) < 4.78 is 5.81. The van der Waals surface area contributed by atoms with Gasteiger partial charge >= 0.3 is 0 Å². The average molecular weight is 241 g/mol. The lowest BCUT2D eigenvalue weighted by atomic mass is 10.1. The summed E-state index contributed by atoms with van der Waals surface area (Å²) in [6, 6.07) is 1.69. The van der Waals surface area contributed by atoms with Crippen LogP contribution < -0.4 is 4.74 Å². The minimum atomic E-state index is -0.210. The Morgan fingerprint density at radius 3 is 2.69 bits per heavy atom. The molecule has 1 aliphatic rings. The zero-order valence-corrected chi connectivity index (χ0v) is 10.7. The molecule has 1 saturated carbocycles. The maximum atomic E-state index is 5.96. The molecule has 1 aromatic rings. The zero-order chi connectivity index (χ0) is 11.8. The molecule has 0 unspecified atom stereocenters. The minimum absolute atomic E-state index is 0.210. The van der Waals surface area contributed by atoms with Crippen molar-refractivity contribution in [3.05, 3.63) is 17.0 Å². The van der Waals surface area contributed by atoms with Gasteiger partial charge < -0.3 is 4.74 Å².